The minimum atomic E-state index is -0.474. The molecular weight excluding hydrogens is 328 g/mol. The van der Waals surface area contributed by atoms with Crippen LogP contribution in [0.2, 0.25) is 0 Å². The first-order chi connectivity index (χ1) is 12.4. The second kappa shape index (κ2) is 6.49. The van der Waals surface area contributed by atoms with E-state index in [1.54, 1.807) is 0 Å². The maximum absolute atomic E-state index is 12.7. The zero-order chi connectivity index (χ0) is 18.3. The van der Waals surface area contributed by atoms with Crippen molar-refractivity contribution in [2.45, 2.75) is 58.1 Å². The molecule has 6 heteroatoms. The molecule has 1 amide bonds. The van der Waals surface area contributed by atoms with Gasteiger partial charge in [-0.3, -0.25) is 0 Å². The van der Waals surface area contributed by atoms with Gasteiger partial charge in [-0.2, -0.15) is 5.10 Å². The van der Waals surface area contributed by atoms with Crippen LogP contribution in [-0.4, -0.2) is 45.8 Å². The minimum Gasteiger partial charge on any atom is -0.444 e. The highest BCUT2D eigenvalue weighted by atomic mass is 16.6. The van der Waals surface area contributed by atoms with Crippen molar-refractivity contribution in [1.82, 2.24) is 14.5 Å². The van der Waals surface area contributed by atoms with Gasteiger partial charge in [-0.25, -0.2) is 9.31 Å². The van der Waals surface area contributed by atoms with E-state index in [2.05, 4.69) is 29.3 Å². The molecule has 2 fully saturated rings. The monoisotopic (exact) mass is 356 g/mol. The van der Waals surface area contributed by atoms with Gasteiger partial charge in [0.2, 0.25) is 0 Å². The van der Waals surface area contributed by atoms with Gasteiger partial charge in [0.1, 0.15) is 11.4 Å². The van der Waals surface area contributed by atoms with Crippen LogP contribution in [0.15, 0.2) is 24.4 Å². The Morgan fingerprint density at radius 3 is 2.65 bits per heavy atom. The number of likely N-dealkylation sites (tertiary alicyclic amines) is 1. The number of aromatic nitrogens is 2. The number of anilines is 1. The van der Waals surface area contributed by atoms with E-state index in [1.165, 1.54) is 6.42 Å². The molecule has 26 heavy (non-hydrogen) atoms. The molecule has 2 aromatic heterocycles. The highest BCUT2D eigenvalue weighted by Gasteiger charge is 2.32. The zero-order valence-corrected chi connectivity index (χ0v) is 15.9. The summed E-state index contributed by atoms with van der Waals surface area (Å²) in [5.74, 6) is 1.03. The van der Waals surface area contributed by atoms with Crippen LogP contribution in [0.1, 0.15) is 58.1 Å². The van der Waals surface area contributed by atoms with Crippen molar-refractivity contribution in [3.63, 3.8) is 0 Å². The minimum absolute atomic E-state index is 0.0627. The largest absolute Gasteiger partial charge is 0.444 e. The Morgan fingerprint density at radius 1 is 1.15 bits per heavy atom. The van der Waals surface area contributed by atoms with E-state index in [-0.39, 0.29) is 12.1 Å². The molecule has 2 aliphatic rings. The van der Waals surface area contributed by atoms with Gasteiger partial charge in [0.25, 0.3) is 0 Å². The molecule has 0 radical (unpaired) electrons. The molecule has 0 unspecified atom stereocenters. The van der Waals surface area contributed by atoms with Gasteiger partial charge in [0, 0.05) is 25.8 Å². The molecule has 1 atom stereocenters. The Kier molecular flexibility index (Phi) is 4.29. The van der Waals surface area contributed by atoms with Crippen molar-refractivity contribution in [3.05, 3.63) is 30.0 Å². The maximum Gasteiger partial charge on any atom is 0.410 e. The van der Waals surface area contributed by atoms with E-state index >= 15 is 0 Å². The molecule has 0 spiro atoms. The van der Waals surface area contributed by atoms with Crippen molar-refractivity contribution in [3.8, 4) is 0 Å². The lowest BCUT2D eigenvalue weighted by Gasteiger charge is -2.36. The average Bonchev–Trinajstić information content (AvgIpc) is 2.95. The molecule has 2 aromatic rings. The van der Waals surface area contributed by atoms with Crippen LogP contribution in [0.4, 0.5) is 10.6 Å². The van der Waals surface area contributed by atoms with Crippen molar-refractivity contribution in [1.29, 1.82) is 0 Å². The van der Waals surface area contributed by atoms with Gasteiger partial charge >= 0.3 is 6.09 Å². The van der Waals surface area contributed by atoms with Gasteiger partial charge in [0.15, 0.2) is 0 Å². The number of carbonyl (C=O) groups is 1. The second-order valence-corrected chi connectivity index (χ2v) is 8.36. The summed E-state index contributed by atoms with van der Waals surface area (Å²) in [5, 5.41) is 4.75. The molecule has 4 heterocycles. The average molecular weight is 356 g/mol. The third-order valence-corrected chi connectivity index (χ3v) is 5.16. The number of hydrogen-bond acceptors (Lipinski definition) is 4. The first-order valence-corrected chi connectivity index (χ1v) is 9.65. The van der Waals surface area contributed by atoms with Gasteiger partial charge in [0.05, 0.1) is 11.6 Å². The standard InChI is InChI=1S/C20H28N4O2/c1-20(2,3)26-19(25)23-12-5-4-7-17(23)15-13-16-8-9-18(21-24(16)14-15)22-10-6-11-22/h8-9,13-14,17H,4-7,10-12H2,1-3H3/t17-/m0/s1. The lowest BCUT2D eigenvalue weighted by atomic mass is 9.97. The number of carbonyl (C=O) groups excluding carboxylic acids is 1. The Hall–Kier alpha value is -2.24. The van der Waals surface area contributed by atoms with Crippen LogP contribution < -0.4 is 4.90 Å². The molecule has 4 rings (SSSR count). The molecule has 140 valence electrons. The Morgan fingerprint density at radius 2 is 1.96 bits per heavy atom. The number of nitrogens with zero attached hydrogens (tertiary/aromatic N) is 4. The lowest BCUT2D eigenvalue weighted by Crippen LogP contribution is -2.41. The Balaban J connectivity index is 1.60. The number of amides is 1. The smallest absolute Gasteiger partial charge is 0.410 e. The van der Waals surface area contributed by atoms with Gasteiger partial charge in [-0.05, 0) is 70.2 Å². The van der Waals surface area contributed by atoms with Crippen LogP contribution in [0, 0.1) is 0 Å². The number of fused-ring (bicyclic) bond motifs is 1. The number of ether oxygens (including phenoxy) is 1. The molecule has 6 nitrogen and oxygen atoms in total. The van der Waals surface area contributed by atoms with E-state index < -0.39 is 5.60 Å². The Labute approximate surface area is 154 Å². The van der Waals surface area contributed by atoms with Crippen LogP contribution in [-0.2, 0) is 4.74 Å². The SMILES string of the molecule is CC(C)(C)OC(=O)N1CCCC[C@H]1c1cc2ccc(N3CCC3)nn2c1. The summed E-state index contributed by atoms with van der Waals surface area (Å²) in [6, 6.07) is 6.42. The van der Waals surface area contributed by atoms with Crippen LogP contribution >= 0.6 is 0 Å². The number of piperidine rings is 1. The van der Waals surface area contributed by atoms with Crippen LogP contribution in [0.3, 0.4) is 0 Å². The third-order valence-electron chi connectivity index (χ3n) is 5.16. The quantitative estimate of drug-likeness (QED) is 0.816. The molecular formula is C20H28N4O2. The molecule has 0 N–H and O–H groups in total. The van der Waals surface area contributed by atoms with Crippen LogP contribution in [0.5, 0.6) is 0 Å². The summed E-state index contributed by atoms with van der Waals surface area (Å²) < 4.78 is 7.58. The van der Waals surface area contributed by atoms with E-state index in [0.29, 0.717) is 0 Å². The molecule has 2 aliphatic heterocycles. The zero-order valence-electron chi connectivity index (χ0n) is 15.9. The molecule has 2 saturated heterocycles. The summed E-state index contributed by atoms with van der Waals surface area (Å²) in [7, 11) is 0. The van der Waals surface area contributed by atoms with Gasteiger partial charge in [-0.15, -0.1) is 0 Å². The van der Waals surface area contributed by atoms with Crippen LogP contribution in [0.25, 0.3) is 5.52 Å². The summed E-state index contributed by atoms with van der Waals surface area (Å²) in [5.41, 5.74) is 1.74. The predicted octanol–water partition coefficient (Wildman–Crippen LogP) is 4.01. The number of hydrogen-bond donors (Lipinski definition) is 0. The summed E-state index contributed by atoms with van der Waals surface area (Å²) in [4.78, 5) is 16.9. The van der Waals surface area contributed by atoms with E-state index in [1.807, 2.05) is 30.2 Å². The first-order valence-electron chi connectivity index (χ1n) is 9.65. The maximum atomic E-state index is 12.7. The second-order valence-electron chi connectivity index (χ2n) is 8.36. The van der Waals surface area contributed by atoms with E-state index in [4.69, 9.17) is 9.84 Å². The van der Waals surface area contributed by atoms with Crippen molar-refractivity contribution < 1.29 is 9.53 Å². The summed E-state index contributed by atoms with van der Waals surface area (Å²) in [6.07, 6.45) is 6.22. The number of rotatable bonds is 2. The highest BCUT2D eigenvalue weighted by Crippen LogP contribution is 2.33. The normalized spacial score (nSPS) is 21.0. The van der Waals surface area contributed by atoms with Crippen molar-refractivity contribution in [2.24, 2.45) is 0 Å². The fourth-order valence-electron chi connectivity index (χ4n) is 3.72. The lowest BCUT2D eigenvalue weighted by molar-refractivity contribution is 0.00952. The third kappa shape index (κ3) is 3.37. The topological polar surface area (TPSA) is 50.1 Å². The fourth-order valence-corrected chi connectivity index (χ4v) is 3.72. The molecule has 0 bridgehead atoms. The van der Waals surface area contributed by atoms with Crippen molar-refractivity contribution >= 4 is 17.4 Å². The summed E-state index contributed by atoms with van der Waals surface area (Å²) >= 11 is 0. The van der Waals surface area contributed by atoms with Gasteiger partial charge < -0.3 is 14.5 Å². The Bertz CT molecular complexity index is 804. The van der Waals surface area contributed by atoms with Gasteiger partial charge in [-0.1, -0.05) is 0 Å². The molecule has 0 aromatic carbocycles. The summed E-state index contributed by atoms with van der Waals surface area (Å²) in [6.45, 7) is 8.66. The molecule has 0 aliphatic carbocycles. The van der Waals surface area contributed by atoms with Crippen molar-refractivity contribution in [2.75, 3.05) is 24.5 Å². The first kappa shape index (κ1) is 17.2. The van der Waals surface area contributed by atoms with E-state index in [9.17, 15) is 4.79 Å². The van der Waals surface area contributed by atoms with E-state index in [0.717, 1.165) is 55.8 Å². The highest BCUT2D eigenvalue weighted by molar-refractivity contribution is 5.69. The fraction of sp³-hybridized carbons (Fsp3) is 0.600. The molecule has 0 saturated carbocycles. The predicted molar refractivity (Wildman–Crippen MR) is 102 cm³/mol.